The van der Waals surface area contributed by atoms with Gasteiger partial charge in [-0.2, -0.15) is 13.5 Å². The fraction of sp³-hybridized carbons (Fsp3) is 0.667. The van der Waals surface area contributed by atoms with Crippen LogP contribution in [0.25, 0.3) is 0 Å². The van der Waals surface area contributed by atoms with Crippen molar-refractivity contribution in [2.75, 3.05) is 20.3 Å². The van der Waals surface area contributed by atoms with Gasteiger partial charge in [0.15, 0.2) is 0 Å². The Morgan fingerprint density at radius 3 is 2.33 bits per heavy atom. The van der Waals surface area contributed by atoms with E-state index in [2.05, 4.69) is 36.2 Å². The lowest BCUT2D eigenvalue weighted by Gasteiger charge is -2.14. The summed E-state index contributed by atoms with van der Waals surface area (Å²) in [5.41, 5.74) is 0. The zero-order valence-electron chi connectivity index (χ0n) is 5.96. The van der Waals surface area contributed by atoms with Gasteiger partial charge in [0.1, 0.15) is 0 Å². The van der Waals surface area contributed by atoms with Crippen LogP contribution < -0.4 is 0 Å². The van der Waals surface area contributed by atoms with E-state index >= 15 is 0 Å². The first-order valence-electron chi connectivity index (χ1n) is 2.95. The summed E-state index contributed by atoms with van der Waals surface area (Å²) >= 11 is 0. The fourth-order valence-corrected chi connectivity index (χ4v) is 0.794. The van der Waals surface area contributed by atoms with Gasteiger partial charge >= 0.3 is 0 Å². The normalized spacial score (nSPS) is 16.2. The zero-order valence-corrected chi connectivity index (χ0v) is 6.96. The molecule has 0 aromatic carbocycles. The van der Waals surface area contributed by atoms with Crippen LogP contribution in [0.1, 0.15) is 6.92 Å². The van der Waals surface area contributed by atoms with E-state index < -0.39 is 0 Å². The van der Waals surface area contributed by atoms with E-state index in [0.29, 0.717) is 0 Å². The van der Waals surface area contributed by atoms with Crippen molar-refractivity contribution in [1.29, 1.82) is 0 Å². The summed E-state index contributed by atoms with van der Waals surface area (Å²) in [6.07, 6.45) is 4.20. The van der Waals surface area contributed by atoms with Gasteiger partial charge in [-0.3, -0.25) is 0 Å². The molecule has 0 aromatic rings. The van der Waals surface area contributed by atoms with Crippen molar-refractivity contribution in [3.63, 3.8) is 0 Å². The maximum Gasteiger partial charge on any atom is 0.0890 e. The average Bonchev–Trinajstić information content (AvgIpc) is 2.14. The molecule has 0 bridgehead atoms. The third kappa shape index (κ3) is 2.18. The highest BCUT2D eigenvalue weighted by Crippen LogP contribution is 2.00. The molecule has 0 spiro atoms. The summed E-state index contributed by atoms with van der Waals surface area (Å²) in [6.45, 7) is 4.32. The fourth-order valence-electron chi connectivity index (χ4n) is 0.794. The lowest BCUT2D eigenvalue weighted by molar-refractivity contribution is 0.308. The van der Waals surface area contributed by atoms with Gasteiger partial charge in [0.2, 0.25) is 0 Å². The summed E-state index contributed by atoms with van der Waals surface area (Å²) in [6, 6.07) is 0. The highest BCUT2D eigenvalue weighted by molar-refractivity contribution is 7.59. The molecule has 0 unspecified atom stereocenters. The van der Waals surface area contributed by atoms with Crippen molar-refractivity contribution in [2.45, 2.75) is 6.92 Å². The van der Waals surface area contributed by atoms with Gasteiger partial charge in [-0.15, -0.1) is 0 Å². The Labute approximate surface area is 63.6 Å². The van der Waals surface area contributed by atoms with Crippen molar-refractivity contribution in [1.82, 2.24) is 9.80 Å². The summed E-state index contributed by atoms with van der Waals surface area (Å²) in [7, 11) is 2.08. The molecule has 1 aliphatic rings. The van der Waals surface area contributed by atoms with E-state index in [1.807, 2.05) is 0 Å². The summed E-state index contributed by atoms with van der Waals surface area (Å²) in [5.74, 6) is 0. The van der Waals surface area contributed by atoms with Gasteiger partial charge in [0.25, 0.3) is 0 Å². The first-order chi connectivity index (χ1) is 3.83. The van der Waals surface area contributed by atoms with Crippen molar-refractivity contribution in [3.05, 3.63) is 12.4 Å². The molecular formula is C6H14N2S. The van der Waals surface area contributed by atoms with Gasteiger partial charge < -0.3 is 9.80 Å². The number of hydrogen-bond acceptors (Lipinski definition) is 2. The minimum absolute atomic E-state index is 0. The van der Waals surface area contributed by atoms with Crippen molar-refractivity contribution >= 4 is 13.5 Å². The van der Waals surface area contributed by atoms with Crippen LogP contribution in [0.15, 0.2) is 12.4 Å². The lowest BCUT2D eigenvalue weighted by Crippen LogP contribution is -2.21. The third-order valence-electron chi connectivity index (χ3n) is 1.34. The van der Waals surface area contributed by atoms with Gasteiger partial charge in [-0.05, 0) is 6.92 Å². The molecule has 0 fully saturated rings. The number of nitrogens with zero attached hydrogens (tertiary/aromatic N) is 2. The molecule has 1 aliphatic heterocycles. The average molecular weight is 146 g/mol. The summed E-state index contributed by atoms with van der Waals surface area (Å²) in [5, 5.41) is 0. The lowest BCUT2D eigenvalue weighted by atomic mass is 10.6. The van der Waals surface area contributed by atoms with E-state index in [9.17, 15) is 0 Å². The van der Waals surface area contributed by atoms with Crippen LogP contribution in [0.5, 0.6) is 0 Å². The van der Waals surface area contributed by atoms with Gasteiger partial charge in [0.05, 0.1) is 6.67 Å². The van der Waals surface area contributed by atoms with Crippen LogP contribution in [0.4, 0.5) is 0 Å². The second kappa shape index (κ2) is 3.67. The smallest absolute Gasteiger partial charge is 0.0890 e. The van der Waals surface area contributed by atoms with E-state index in [-0.39, 0.29) is 13.5 Å². The Morgan fingerprint density at radius 2 is 2.11 bits per heavy atom. The van der Waals surface area contributed by atoms with Crippen LogP contribution in [-0.2, 0) is 0 Å². The minimum atomic E-state index is 0. The van der Waals surface area contributed by atoms with Crippen LogP contribution in [0.3, 0.4) is 0 Å². The van der Waals surface area contributed by atoms with Gasteiger partial charge in [0, 0.05) is 26.0 Å². The quantitative estimate of drug-likeness (QED) is 0.540. The molecule has 1 rings (SSSR count). The van der Waals surface area contributed by atoms with E-state index in [4.69, 9.17) is 0 Å². The van der Waals surface area contributed by atoms with Crippen LogP contribution in [-0.4, -0.2) is 30.1 Å². The zero-order chi connectivity index (χ0) is 5.98. The monoisotopic (exact) mass is 146 g/mol. The molecule has 0 aliphatic carbocycles. The Morgan fingerprint density at radius 1 is 1.44 bits per heavy atom. The second-order valence-corrected chi connectivity index (χ2v) is 2.10. The highest BCUT2D eigenvalue weighted by atomic mass is 32.1. The molecule has 0 atom stereocenters. The van der Waals surface area contributed by atoms with Crippen LogP contribution in [0.2, 0.25) is 0 Å². The molecule has 9 heavy (non-hydrogen) atoms. The summed E-state index contributed by atoms with van der Waals surface area (Å²) in [4.78, 5) is 4.41. The van der Waals surface area contributed by atoms with Crippen LogP contribution in [0, 0.1) is 0 Å². The van der Waals surface area contributed by atoms with Gasteiger partial charge in [-0.1, -0.05) is 0 Å². The molecule has 3 heteroatoms. The second-order valence-electron chi connectivity index (χ2n) is 2.10. The predicted molar refractivity (Wildman–Crippen MR) is 44.5 cm³/mol. The number of rotatable bonds is 1. The minimum Gasteiger partial charge on any atom is -0.362 e. The highest BCUT2D eigenvalue weighted by Gasteiger charge is 2.03. The topological polar surface area (TPSA) is 6.48 Å². The molecule has 2 nitrogen and oxygen atoms in total. The standard InChI is InChI=1S/C6H12N2.H2S/c1-3-8-5-4-7(2)6-8;/h4-5H,3,6H2,1-2H3;1H2. The van der Waals surface area contributed by atoms with Crippen molar-refractivity contribution in [3.8, 4) is 0 Å². The van der Waals surface area contributed by atoms with E-state index in [0.717, 1.165) is 13.2 Å². The Balaban J connectivity index is 0.000000640. The number of hydrogen-bond donors (Lipinski definition) is 0. The molecule has 0 saturated carbocycles. The largest absolute Gasteiger partial charge is 0.362 e. The first-order valence-corrected chi connectivity index (χ1v) is 2.95. The SMILES string of the molecule is CCN1C=CN(C)C1.S. The Hall–Kier alpha value is -0.310. The summed E-state index contributed by atoms with van der Waals surface area (Å²) < 4.78 is 0. The molecule has 0 saturated heterocycles. The molecule has 54 valence electrons. The molecule has 0 amide bonds. The molecule has 0 aromatic heterocycles. The maximum absolute atomic E-state index is 2.25. The molecule has 1 heterocycles. The van der Waals surface area contributed by atoms with Crippen LogP contribution >= 0.6 is 13.5 Å². The predicted octanol–water partition coefficient (Wildman–Crippen LogP) is 0.795. The van der Waals surface area contributed by atoms with E-state index in [1.54, 1.807) is 0 Å². The molecule has 0 N–H and O–H groups in total. The van der Waals surface area contributed by atoms with Crippen molar-refractivity contribution < 1.29 is 0 Å². The third-order valence-corrected chi connectivity index (χ3v) is 1.34. The molecule has 0 radical (unpaired) electrons. The molecular weight excluding hydrogens is 132 g/mol. The first kappa shape index (κ1) is 8.69. The van der Waals surface area contributed by atoms with Crippen molar-refractivity contribution in [2.24, 2.45) is 0 Å². The maximum atomic E-state index is 2.25. The Kier molecular flexibility index (Phi) is 3.54. The van der Waals surface area contributed by atoms with E-state index in [1.165, 1.54) is 0 Å². The Bertz CT molecular complexity index is 103. The van der Waals surface area contributed by atoms with Gasteiger partial charge in [-0.25, -0.2) is 0 Å².